The lowest BCUT2D eigenvalue weighted by Crippen LogP contribution is -2.13. The lowest BCUT2D eigenvalue weighted by Gasteiger charge is -2.08. The first-order valence-corrected chi connectivity index (χ1v) is 9.32. The van der Waals surface area contributed by atoms with Crippen molar-refractivity contribution < 1.29 is 4.79 Å². The highest BCUT2D eigenvalue weighted by molar-refractivity contribution is 7.21. The molecule has 27 heavy (non-hydrogen) atoms. The Bertz CT molecular complexity index is 1150. The number of nitrogens with zero attached hydrogens (tertiary/aromatic N) is 2. The van der Waals surface area contributed by atoms with E-state index in [1.807, 2.05) is 56.3 Å². The molecule has 0 saturated heterocycles. The topological polar surface area (TPSA) is 80.9 Å². The van der Waals surface area contributed by atoms with Gasteiger partial charge in [-0.1, -0.05) is 12.1 Å². The number of hydrogen-bond acceptors (Lipinski definition) is 5. The fourth-order valence-corrected chi connectivity index (χ4v) is 3.89. The third kappa shape index (κ3) is 3.27. The summed E-state index contributed by atoms with van der Waals surface area (Å²) in [7, 11) is 0. The molecule has 0 radical (unpaired) electrons. The second-order valence-corrected chi connectivity index (χ2v) is 7.40. The van der Waals surface area contributed by atoms with Crippen LogP contribution in [0.3, 0.4) is 0 Å². The third-order valence-electron chi connectivity index (χ3n) is 4.42. The second-order valence-electron chi connectivity index (χ2n) is 6.40. The normalized spacial score (nSPS) is 10.9. The molecule has 0 atom stereocenters. The summed E-state index contributed by atoms with van der Waals surface area (Å²) in [5.74, 6) is -0.213. The lowest BCUT2D eigenvalue weighted by atomic mass is 10.1. The zero-order valence-corrected chi connectivity index (χ0v) is 15.8. The zero-order chi connectivity index (χ0) is 19.0. The molecule has 0 bridgehead atoms. The molecule has 0 aliphatic rings. The van der Waals surface area contributed by atoms with E-state index < -0.39 is 0 Å². The SMILES string of the molecule is Cc1ccc(C)c(NC(=O)c2sc3nc(-c4ccncc4)ccc3c2N)c1. The molecule has 0 spiro atoms. The summed E-state index contributed by atoms with van der Waals surface area (Å²) in [5, 5.41) is 3.77. The molecule has 1 aromatic carbocycles. The Morgan fingerprint density at radius 2 is 1.85 bits per heavy atom. The van der Waals surface area contributed by atoms with Gasteiger partial charge in [-0.3, -0.25) is 9.78 Å². The lowest BCUT2D eigenvalue weighted by molar-refractivity contribution is 0.103. The van der Waals surface area contributed by atoms with Crippen molar-refractivity contribution in [3.63, 3.8) is 0 Å². The summed E-state index contributed by atoms with van der Waals surface area (Å²) in [4.78, 5) is 22.7. The minimum atomic E-state index is -0.213. The Morgan fingerprint density at radius 3 is 2.63 bits per heavy atom. The fraction of sp³-hybridized carbons (Fsp3) is 0.0952. The van der Waals surface area contributed by atoms with Gasteiger partial charge in [0.1, 0.15) is 9.71 Å². The van der Waals surface area contributed by atoms with Crippen molar-refractivity contribution in [2.24, 2.45) is 0 Å². The Balaban J connectivity index is 1.70. The number of aromatic nitrogens is 2. The average Bonchev–Trinajstić information content (AvgIpc) is 3.01. The molecule has 1 amide bonds. The maximum Gasteiger partial charge on any atom is 0.267 e. The Labute approximate surface area is 160 Å². The molecule has 134 valence electrons. The van der Waals surface area contributed by atoms with Crippen LogP contribution in [0, 0.1) is 13.8 Å². The van der Waals surface area contributed by atoms with Crippen LogP contribution in [0.1, 0.15) is 20.8 Å². The van der Waals surface area contributed by atoms with E-state index in [1.54, 1.807) is 12.4 Å². The molecule has 0 fully saturated rings. The van der Waals surface area contributed by atoms with E-state index in [1.165, 1.54) is 11.3 Å². The number of benzene rings is 1. The van der Waals surface area contributed by atoms with E-state index in [2.05, 4.69) is 15.3 Å². The molecule has 0 unspecified atom stereocenters. The summed E-state index contributed by atoms with van der Waals surface area (Å²) < 4.78 is 0. The highest BCUT2D eigenvalue weighted by Gasteiger charge is 2.18. The number of nitrogen functional groups attached to an aromatic ring is 1. The number of rotatable bonds is 3. The predicted molar refractivity (Wildman–Crippen MR) is 111 cm³/mol. The van der Waals surface area contributed by atoms with Crippen LogP contribution in [-0.4, -0.2) is 15.9 Å². The van der Waals surface area contributed by atoms with E-state index in [-0.39, 0.29) is 5.91 Å². The first kappa shape index (κ1) is 17.2. The van der Waals surface area contributed by atoms with Crippen LogP contribution in [0.2, 0.25) is 0 Å². The third-order valence-corrected chi connectivity index (χ3v) is 5.53. The van der Waals surface area contributed by atoms with Crippen LogP contribution in [0.4, 0.5) is 11.4 Å². The number of hydrogen-bond donors (Lipinski definition) is 2. The summed E-state index contributed by atoms with van der Waals surface area (Å²) >= 11 is 1.31. The number of fused-ring (bicyclic) bond motifs is 1. The number of carbonyl (C=O) groups is 1. The highest BCUT2D eigenvalue weighted by Crippen LogP contribution is 2.34. The van der Waals surface area contributed by atoms with Crippen LogP contribution in [-0.2, 0) is 0 Å². The number of nitrogens with two attached hydrogens (primary N) is 1. The predicted octanol–water partition coefficient (Wildman–Crippen LogP) is 4.81. The molecule has 4 rings (SSSR count). The van der Waals surface area contributed by atoms with Gasteiger partial charge in [0.2, 0.25) is 0 Å². The average molecular weight is 374 g/mol. The smallest absolute Gasteiger partial charge is 0.267 e. The van der Waals surface area contributed by atoms with Gasteiger partial charge in [0.05, 0.1) is 11.4 Å². The van der Waals surface area contributed by atoms with Gasteiger partial charge >= 0.3 is 0 Å². The molecule has 6 heteroatoms. The van der Waals surface area contributed by atoms with Gasteiger partial charge in [-0.2, -0.15) is 0 Å². The number of pyridine rings is 2. The largest absolute Gasteiger partial charge is 0.397 e. The van der Waals surface area contributed by atoms with Crippen LogP contribution in [0.25, 0.3) is 21.5 Å². The standard InChI is InChI=1S/C21H18N4OS/c1-12-3-4-13(2)17(11-12)24-20(26)19-18(22)15-5-6-16(25-21(15)27-19)14-7-9-23-10-8-14/h3-11H,22H2,1-2H3,(H,24,26). The van der Waals surface area contributed by atoms with Gasteiger partial charge < -0.3 is 11.1 Å². The van der Waals surface area contributed by atoms with Crippen LogP contribution in [0.5, 0.6) is 0 Å². The van der Waals surface area contributed by atoms with Gasteiger partial charge in [-0.25, -0.2) is 4.98 Å². The Hall–Kier alpha value is -3.25. The quantitative estimate of drug-likeness (QED) is 0.539. The minimum Gasteiger partial charge on any atom is -0.397 e. The number of carbonyl (C=O) groups excluding carboxylic acids is 1. The first-order valence-electron chi connectivity index (χ1n) is 8.51. The molecular formula is C21H18N4OS. The number of nitrogens with one attached hydrogen (secondary N) is 1. The molecule has 0 saturated carbocycles. The molecule has 3 heterocycles. The molecule has 5 nitrogen and oxygen atoms in total. The maximum absolute atomic E-state index is 12.8. The maximum atomic E-state index is 12.8. The van der Waals surface area contributed by atoms with Crippen molar-refractivity contribution in [1.29, 1.82) is 0 Å². The first-order chi connectivity index (χ1) is 13.0. The minimum absolute atomic E-state index is 0.213. The van der Waals surface area contributed by atoms with E-state index in [9.17, 15) is 4.79 Å². The summed E-state index contributed by atoms with van der Waals surface area (Å²) in [6.07, 6.45) is 3.46. The van der Waals surface area contributed by atoms with Crippen molar-refractivity contribution in [1.82, 2.24) is 9.97 Å². The van der Waals surface area contributed by atoms with Gasteiger partial charge in [-0.15, -0.1) is 11.3 Å². The second kappa shape index (κ2) is 6.81. The zero-order valence-electron chi connectivity index (χ0n) is 15.0. The molecule has 0 aliphatic heterocycles. The number of aryl methyl sites for hydroxylation is 2. The van der Waals surface area contributed by atoms with E-state index >= 15 is 0 Å². The van der Waals surface area contributed by atoms with Crippen LogP contribution >= 0.6 is 11.3 Å². The summed E-state index contributed by atoms with van der Waals surface area (Å²) in [5.41, 5.74) is 11.4. The fourth-order valence-electron chi connectivity index (χ4n) is 2.90. The highest BCUT2D eigenvalue weighted by atomic mass is 32.1. The van der Waals surface area contributed by atoms with Gasteiger partial charge in [-0.05, 0) is 55.3 Å². The molecule has 3 N–H and O–H groups in total. The van der Waals surface area contributed by atoms with Crippen molar-refractivity contribution in [3.05, 3.63) is 70.9 Å². The summed E-state index contributed by atoms with van der Waals surface area (Å²) in [6, 6.07) is 13.6. The van der Waals surface area contributed by atoms with Crippen LogP contribution < -0.4 is 11.1 Å². The van der Waals surface area contributed by atoms with Crippen LogP contribution in [0.15, 0.2) is 54.9 Å². The van der Waals surface area contributed by atoms with Gasteiger partial charge in [0.15, 0.2) is 0 Å². The molecule has 4 aromatic rings. The van der Waals surface area contributed by atoms with E-state index in [0.29, 0.717) is 10.6 Å². The van der Waals surface area contributed by atoms with Gasteiger partial charge in [0.25, 0.3) is 5.91 Å². The van der Waals surface area contributed by atoms with Crippen molar-refractivity contribution in [2.75, 3.05) is 11.1 Å². The van der Waals surface area contributed by atoms with Gasteiger partial charge in [0, 0.05) is 29.0 Å². The summed E-state index contributed by atoms with van der Waals surface area (Å²) in [6.45, 7) is 3.96. The molecular weight excluding hydrogens is 356 g/mol. The van der Waals surface area contributed by atoms with E-state index in [0.717, 1.165) is 38.3 Å². The van der Waals surface area contributed by atoms with Crippen molar-refractivity contribution in [3.8, 4) is 11.3 Å². The molecule has 0 aliphatic carbocycles. The van der Waals surface area contributed by atoms with Crippen molar-refractivity contribution >= 4 is 38.8 Å². The molecule has 3 aromatic heterocycles. The Kier molecular flexibility index (Phi) is 4.33. The Morgan fingerprint density at radius 1 is 1.07 bits per heavy atom. The number of amides is 1. The monoisotopic (exact) mass is 374 g/mol. The number of anilines is 2. The van der Waals surface area contributed by atoms with E-state index in [4.69, 9.17) is 5.73 Å². The van der Waals surface area contributed by atoms with Crippen molar-refractivity contribution in [2.45, 2.75) is 13.8 Å². The number of thiophene rings is 1.